The van der Waals surface area contributed by atoms with Crippen molar-refractivity contribution < 1.29 is 18.9 Å². The first-order valence-corrected chi connectivity index (χ1v) is 8.64. The average molecular weight is 382 g/mol. The predicted molar refractivity (Wildman–Crippen MR) is 104 cm³/mol. The molecule has 0 saturated heterocycles. The summed E-state index contributed by atoms with van der Waals surface area (Å²) in [7, 11) is 1.61. The molecular weight excluding hydrogens is 366 g/mol. The van der Waals surface area contributed by atoms with Crippen LogP contribution in [-0.4, -0.2) is 20.1 Å². The van der Waals surface area contributed by atoms with E-state index >= 15 is 0 Å². The minimum Gasteiger partial charge on any atom is -0.496 e. The maximum atomic E-state index is 5.97. The second kappa shape index (κ2) is 7.60. The summed E-state index contributed by atoms with van der Waals surface area (Å²) in [5, 5.41) is 0.631. The summed E-state index contributed by atoms with van der Waals surface area (Å²) < 4.78 is 21.9. The van der Waals surface area contributed by atoms with Crippen LogP contribution in [-0.2, 0) is 0 Å². The van der Waals surface area contributed by atoms with Crippen molar-refractivity contribution in [3.8, 4) is 28.7 Å². The van der Waals surface area contributed by atoms with E-state index in [1.807, 2.05) is 42.5 Å². The molecule has 0 amide bonds. The van der Waals surface area contributed by atoms with Gasteiger partial charge in [-0.3, -0.25) is 4.99 Å². The predicted octanol–water partition coefficient (Wildman–Crippen LogP) is 5.62. The Labute approximate surface area is 161 Å². The van der Waals surface area contributed by atoms with E-state index in [2.05, 4.69) is 4.99 Å². The van der Waals surface area contributed by atoms with Gasteiger partial charge in [0.15, 0.2) is 11.5 Å². The van der Waals surface area contributed by atoms with Crippen molar-refractivity contribution in [1.82, 2.24) is 0 Å². The highest BCUT2D eigenvalue weighted by Crippen LogP contribution is 2.37. The fraction of sp³-hybridized carbons (Fsp3) is 0.0952. The highest BCUT2D eigenvalue weighted by Gasteiger charge is 2.16. The second-order valence-corrected chi connectivity index (χ2v) is 6.20. The molecule has 27 heavy (non-hydrogen) atoms. The number of halogens is 1. The highest BCUT2D eigenvalue weighted by atomic mass is 35.5. The SMILES string of the molecule is COc1cc2c(cc1C=Nc1ccc(Oc3cccc(Cl)c3)cc1)OCO2. The summed E-state index contributed by atoms with van der Waals surface area (Å²) in [6, 6.07) is 18.3. The Morgan fingerprint density at radius 1 is 0.963 bits per heavy atom. The summed E-state index contributed by atoms with van der Waals surface area (Å²) in [6.07, 6.45) is 1.73. The number of nitrogens with zero attached hydrogens (tertiary/aromatic N) is 1. The van der Waals surface area contributed by atoms with Crippen LogP contribution in [0.4, 0.5) is 5.69 Å². The number of benzene rings is 3. The molecule has 0 saturated carbocycles. The Kier molecular flexibility index (Phi) is 4.85. The normalized spacial score (nSPS) is 12.4. The number of methoxy groups -OCH3 is 1. The Bertz CT molecular complexity index is 986. The minimum atomic E-state index is 0.215. The molecule has 0 N–H and O–H groups in total. The maximum Gasteiger partial charge on any atom is 0.231 e. The fourth-order valence-electron chi connectivity index (χ4n) is 2.63. The van der Waals surface area contributed by atoms with Gasteiger partial charge in [0, 0.05) is 22.9 Å². The van der Waals surface area contributed by atoms with Crippen LogP contribution in [0.25, 0.3) is 0 Å². The van der Waals surface area contributed by atoms with Gasteiger partial charge in [-0.25, -0.2) is 0 Å². The van der Waals surface area contributed by atoms with Crippen LogP contribution < -0.4 is 18.9 Å². The molecule has 0 aromatic heterocycles. The Morgan fingerprint density at radius 2 is 1.74 bits per heavy atom. The summed E-state index contributed by atoms with van der Waals surface area (Å²) >= 11 is 5.97. The van der Waals surface area contributed by atoms with Crippen LogP contribution in [0.5, 0.6) is 28.7 Å². The number of aliphatic imine (C=N–C) groups is 1. The molecule has 4 rings (SSSR count). The van der Waals surface area contributed by atoms with Crippen molar-refractivity contribution in [3.05, 3.63) is 71.2 Å². The highest BCUT2D eigenvalue weighted by molar-refractivity contribution is 6.30. The lowest BCUT2D eigenvalue weighted by atomic mass is 10.2. The smallest absolute Gasteiger partial charge is 0.231 e. The number of rotatable bonds is 5. The maximum absolute atomic E-state index is 5.97. The van der Waals surface area contributed by atoms with Gasteiger partial charge in [0.2, 0.25) is 6.79 Å². The van der Waals surface area contributed by atoms with Crippen molar-refractivity contribution >= 4 is 23.5 Å². The largest absolute Gasteiger partial charge is 0.496 e. The van der Waals surface area contributed by atoms with Gasteiger partial charge >= 0.3 is 0 Å². The third-order valence-corrected chi connectivity index (χ3v) is 4.18. The van der Waals surface area contributed by atoms with E-state index in [1.54, 1.807) is 31.5 Å². The molecular formula is C21H16ClNO4. The summed E-state index contributed by atoms with van der Waals surface area (Å²) in [6.45, 7) is 0.215. The van der Waals surface area contributed by atoms with Crippen LogP contribution in [0.3, 0.4) is 0 Å². The molecule has 0 aliphatic carbocycles. The molecule has 6 heteroatoms. The molecule has 0 bridgehead atoms. The average Bonchev–Trinajstić information content (AvgIpc) is 3.14. The number of ether oxygens (including phenoxy) is 4. The van der Waals surface area contributed by atoms with Crippen LogP contribution in [0.2, 0.25) is 5.02 Å². The molecule has 136 valence electrons. The molecule has 1 aliphatic heterocycles. The monoisotopic (exact) mass is 381 g/mol. The van der Waals surface area contributed by atoms with Crippen molar-refractivity contribution in [1.29, 1.82) is 0 Å². The van der Waals surface area contributed by atoms with E-state index in [0.717, 1.165) is 11.3 Å². The quantitative estimate of drug-likeness (QED) is 0.538. The van der Waals surface area contributed by atoms with Gasteiger partial charge in [-0.1, -0.05) is 17.7 Å². The second-order valence-electron chi connectivity index (χ2n) is 5.76. The van der Waals surface area contributed by atoms with Crippen molar-refractivity contribution in [3.63, 3.8) is 0 Å². The van der Waals surface area contributed by atoms with Crippen molar-refractivity contribution in [2.45, 2.75) is 0 Å². The zero-order valence-corrected chi connectivity index (χ0v) is 15.3. The Morgan fingerprint density at radius 3 is 2.48 bits per heavy atom. The summed E-state index contributed by atoms with van der Waals surface area (Å²) in [5.74, 6) is 3.42. The van der Waals surface area contributed by atoms with E-state index in [9.17, 15) is 0 Å². The zero-order chi connectivity index (χ0) is 18.6. The third kappa shape index (κ3) is 3.99. The van der Waals surface area contributed by atoms with Gasteiger partial charge in [-0.05, 0) is 48.5 Å². The summed E-state index contributed by atoms with van der Waals surface area (Å²) in [4.78, 5) is 4.49. The third-order valence-electron chi connectivity index (χ3n) is 3.95. The van der Waals surface area contributed by atoms with Gasteiger partial charge in [-0.2, -0.15) is 0 Å². The molecule has 0 atom stereocenters. The van der Waals surface area contributed by atoms with Crippen molar-refractivity contribution in [2.75, 3.05) is 13.9 Å². The number of fused-ring (bicyclic) bond motifs is 1. The van der Waals surface area contributed by atoms with E-state index in [1.165, 1.54) is 0 Å². The summed E-state index contributed by atoms with van der Waals surface area (Å²) in [5.41, 5.74) is 1.59. The van der Waals surface area contributed by atoms with E-state index in [0.29, 0.717) is 33.8 Å². The van der Waals surface area contributed by atoms with Gasteiger partial charge in [0.25, 0.3) is 0 Å². The molecule has 5 nitrogen and oxygen atoms in total. The van der Waals surface area contributed by atoms with Crippen LogP contribution >= 0.6 is 11.6 Å². The lowest BCUT2D eigenvalue weighted by Crippen LogP contribution is -1.92. The fourth-order valence-corrected chi connectivity index (χ4v) is 2.81. The first kappa shape index (κ1) is 17.2. The van der Waals surface area contributed by atoms with Gasteiger partial charge in [-0.15, -0.1) is 0 Å². The molecule has 0 unspecified atom stereocenters. The van der Waals surface area contributed by atoms with Crippen LogP contribution in [0.15, 0.2) is 65.7 Å². The first-order chi connectivity index (χ1) is 13.2. The zero-order valence-electron chi connectivity index (χ0n) is 14.5. The molecule has 0 spiro atoms. The van der Waals surface area contributed by atoms with E-state index in [-0.39, 0.29) is 6.79 Å². The lowest BCUT2D eigenvalue weighted by Gasteiger charge is -2.07. The molecule has 0 radical (unpaired) electrons. The molecule has 1 aliphatic rings. The van der Waals surface area contributed by atoms with E-state index < -0.39 is 0 Å². The topological polar surface area (TPSA) is 49.3 Å². The lowest BCUT2D eigenvalue weighted by molar-refractivity contribution is 0.174. The molecule has 3 aromatic carbocycles. The van der Waals surface area contributed by atoms with Crippen molar-refractivity contribution in [2.24, 2.45) is 4.99 Å². The van der Waals surface area contributed by atoms with Gasteiger partial charge < -0.3 is 18.9 Å². The Hall–Kier alpha value is -3.18. The van der Waals surface area contributed by atoms with Gasteiger partial charge in [0.1, 0.15) is 17.2 Å². The van der Waals surface area contributed by atoms with Crippen LogP contribution in [0.1, 0.15) is 5.56 Å². The van der Waals surface area contributed by atoms with Gasteiger partial charge in [0.05, 0.1) is 12.8 Å². The molecule has 1 heterocycles. The first-order valence-electron chi connectivity index (χ1n) is 8.26. The minimum absolute atomic E-state index is 0.215. The molecule has 3 aromatic rings. The van der Waals surface area contributed by atoms with E-state index in [4.69, 9.17) is 30.5 Å². The standard InChI is InChI=1S/C21H16ClNO4/c1-24-19-11-21-20(25-13-26-21)9-14(19)12-23-16-5-7-17(8-6-16)27-18-4-2-3-15(22)10-18/h2-12H,13H2,1H3. The molecule has 0 fully saturated rings. The van der Waals surface area contributed by atoms with Crippen LogP contribution in [0, 0.1) is 0 Å². The number of hydrogen-bond donors (Lipinski definition) is 0. The Balaban J connectivity index is 1.50. The number of hydrogen-bond acceptors (Lipinski definition) is 5.